The maximum absolute atomic E-state index is 13.1. The van der Waals surface area contributed by atoms with Crippen molar-refractivity contribution in [3.8, 4) is 6.07 Å². The Morgan fingerprint density at radius 1 is 1.50 bits per heavy atom. The van der Waals surface area contributed by atoms with Gasteiger partial charge in [0, 0.05) is 19.7 Å². The Hall–Kier alpha value is -2.15. The van der Waals surface area contributed by atoms with Gasteiger partial charge >= 0.3 is 0 Å². The third-order valence-electron chi connectivity index (χ3n) is 2.34. The highest BCUT2D eigenvalue weighted by atomic mass is 19.1. The fourth-order valence-electron chi connectivity index (χ4n) is 1.60. The van der Waals surface area contributed by atoms with E-state index in [1.165, 1.54) is 18.2 Å². The van der Waals surface area contributed by atoms with Crippen molar-refractivity contribution in [2.75, 3.05) is 0 Å². The lowest BCUT2D eigenvalue weighted by Crippen LogP contribution is -1.93. The van der Waals surface area contributed by atoms with Crippen molar-refractivity contribution < 1.29 is 4.39 Å². The first-order valence-electron chi connectivity index (χ1n) is 4.85. The lowest BCUT2D eigenvalue weighted by Gasteiger charge is -2.01. The van der Waals surface area contributed by atoms with Crippen LogP contribution in [0.1, 0.15) is 16.7 Å². The lowest BCUT2D eigenvalue weighted by atomic mass is 10.0. The molecule has 2 rings (SSSR count). The molecule has 1 heterocycles. The second-order valence-corrected chi connectivity index (χ2v) is 3.61. The minimum atomic E-state index is -0.321. The Kier molecular flexibility index (Phi) is 2.69. The van der Waals surface area contributed by atoms with Gasteiger partial charge in [-0.25, -0.2) is 4.39 Å². The highest BCUT2D eigenvalue weighted by Crippen LogP contribution is 2.15. The molecule has 0 radical (unpaired) electrons. The van der Waals surface area contributed by atoms with Crippen LogP contribution in [0.4, 0.5) is 4.39 Å². The molecule has 0 saturated carbocycles. The number of halogens is 1. The van der Waals surface area contributed by atoms with Crippen LogP contribution in [0, 0.1) is 17.1 Å². The molecule has 0 bridgehead atoms. The molecule has 1 aromatic carbocycles. The average molecular weight is 215 g/mol. The predicted octanol–water partition coefficient (Wildman–Crippen LogP) is 2.02. The molecule has 2 aromatic rings. The van der Waals surface area contributed by atoms with E-state index in [2.05, 4.69) is 11.2 Å². The molecule has 4 heteroatoms. The number of benzene rings is 1. The van der Waals surface area contributed by atoms with Crippen molar-refractivity contribution in [2.24, 2.45) is 7.05 Å². The molecule has 1 aromatic heterocycles. The first-order chi connectivity index (χ1) is 7.69. The molecule has 80 valence electrons. The largest absolute Gasteiger partial charge is 0.276 e. The first-order valence-corrected chi connectivity index (χ1v) is 4.85. The van der Waals surface area contributed by atoms with Crippen LogP contribution in [0.2, 0.25) is 0 Å². The molecule has 0 saturated heterocycles. The number of nitrogens with zero attached hydrogens (tertiary/aromatic N) is 3. The van der Waals surface area contributed by atoms with Gasteiger partial charge in [-0.2, -0.15) is 10.4 Å². The van der Waals surface area contributed by atoms with Crippen molar-refractivity contribution >= 4 is 0 Å². The smallest absolute Gasteiger partial charge is 0.123 e. The van der Waals surface area contributed by atoms with Crippen molar-refractivity contribution in [3.05, 3.63) is 53.1 Å². The molecule has 0 N–H and O–H groups in total. The van der Waals surface area contributed by atoms with Crippen LogP contribution in [-0.4, -0.2) is 9.78 Å². The van der Waals surface area contributed by atoms with Crippen molar-refractivity contribution in [1.29, 1.82) is 5.26 Å². The summed E-state index contributed by atoms with van der Waals surface area (Å²) in [5, 5.41) is 12.9. The van der Waals surface area contributed by atoms with E-state index in [1.54, 1.807) is 10.9 Å². The van der Waals surface area contributed by atoms with Gasteiger partial charge in [0.25, 0.3) is 0 Å². The van der Waals surface area contributed by atoms with Crippen molar-refractivity contribution in [1.82, 2.24) is 9.78 Å². The third kappa shape index (κ3) is 2.09. The lowest BCUT2D eigenvalue weighted by molar-refractivity contribution is 0.626. The Morgan fingerprint density at radius 2 is 2.31 bits per heavy atom. The summed E-state index contributed by atoms with van der Waals surface area (Å²) in [5.74, 6) is -0.321. The zero-order valence-corrected chi connectivity index (χ0v) is 8.81. The second kappa shape index (κ2) is 4.15. The summed E-state index contributed by atoms with van der Waals surface area (Å²) in [6.07, 6.45) is 4.09. The van der Waals surface area contributed by atoms with Gasteiger partial charge < -0.3 is 0 Å². The molecule has 0 unspecified atom stereocenters. The highest BCUT2D eigenvalue weighted by Gasteiger charge is 2.06. The molecule has 0 fully saturated rings. The summed E-state index contributed by atoms with van der Waals surface area (Å²) in [4.78, 5) is 0. The zero-order chi connectivity index (χ0) is 11.5. The van der Waals surface area contributed by atoms with E-state index in [1.807, 2.05) is 13.2 Å². The molecule has 3 nitrogen and oxygen atoms in total. The van der Waals surface area contributed by atoms with E-state index in [4.69, 9.17) is 5.26 Å². The predicted molar refractivity (Wildman–Crippen MR) is 57.1 cm³/mol. The van der Waals surface area contributed by atoms with Crippen LogP contribution in [-0.2, 0) is 13.5 Å². The van der Waals surface area contributed by atoms with E-state index in [-0.39, 0.29) is 5.82 Å². The fraction of sp³-hybridized carbons (Fsp3) is 0.167. The number of aryl methyl sites for hydroxylation is 1. The van der Waals surface area contributed by atoms with Crippen LogP contribution < -0.4 is 0 Å². The summed E-state index contributed by atoms with van der Waals surface area (Å²) in [7, 11) is 1.82. The van der Waals surface area contributed by atoms with Gasteiger partial charge in [-0.05, 0) is 29.3 Å². The maximum atomic E-state index is 13.1. The normalized spacial score (nSPS) is 10.1. The molecular weight excluding hydrogens is 205 g/mol. The molecule has 0 atom stereocenters. The first kappa shape index (κ1) is 10.4. The Balaban J connectivity index is 2.34. The van der Waals surface area contributed by atoms with Gasteiger partial charge in [0.15, 0.2) is 0 Å². The van der Waals surface area contributed by atoms with E-state index in [0.717, 1.165) is 5.56 Å². The second-order valence-electron chi connectivity index (χ2n) is 3.61. The maximum Gasteiger partial charge on any atom is 0.123 e. The van der Waals surface area contributed by atoms with Crippen LogP contribution in [0.3, 0.4) is 0 Å². The summed E-state index contributed by atoms with van der Waals surface area (Å²) in [6.45, 7) is 0. The summed E-state index contributed by atoms with van der Waals surface area (Å²) in [5.41, 5.74) is 2.16. The Bertz CT molecular complexity index is 552. The monoisotopic (exact) mass is 215 g/mol. The number of hydrogen-bond donors (Lipinski definition) is 0. The minimum Gasteiger partial charge on any atom is -0.276 e. The fourth-order valence-corrected chi connectivity index (χ4v) is 1.60. The van der Waals surface area contributed by atoms with Gasteiger partial charge in [0.2, 0.25) is 0 Å². The standard InChI is InChI=1S/C12H10FN3/c1-16-8-9(7-15-16)4-11-5-12(13)3-2-10(11)6-14/h2-3,5,7-8H,4H2,1H3. The SMILES string of the molecule is Cn1cc(Cc2cc(F)ccc2C#N)cn1. The highest BCUT2D eigenvalue weighted by molar-refractivity contribution is 5.40. The van der Waals surface area contributed by atoms with Crippen LogP contribution in [0.15, 0.2) is 30.6 Å². The quantitative estimate of drug-likeness (QED) is 0.769. The number of rotatable bonds is 2. The van der Waals surface area contributed by atoms with E-state index in [0.29, 0.717) is 17.5 Å². The molecule has 16 heavy (non-hydrogen) atoms. The van der Waals surface area contributed by atoms with Crippen LogP contribution >= 0.6 is 0 Å². The number of nitriles is 1. The summed E-state index contributed by atoms with van der Waals surface area (Å²) in [6, 6.07) is 6.25. The summed E-state index contributed by atoms with van der Waals surface area (Å²) >= 11 is 0. The zero-order valence-electron chi connectivity index (χ0n) is 8.81. The minimum absolute atomic E-state index is 0.321. The van der Waals surface area contributed by atoms with Crippen molar-refractivity contribution in [3.63, 3.8) is 0 Å². The van der Waals surface area contributed by atoms with Gasteiger partial charge in [-0.1, -0.05) is 0 Å². The van der Waals surface area contributed by atoms with Gasteiger partial charge in [0.1, 0.15) is 5.82 Å². The summed E-state index contributed by atoms with van der Waals surface area (Å²) < 4.78 is 14.7. The Labute approximate surface area is 92.7 Å². The van der Waals surface area contributed by atoms with Gasteiger partial charge in [0.05, 0.1) is 17.8 Å². The molecular formula is C12H10FN3. The molecule has 0 aliphatic carbocycles. The number of hydrogen-bond acceptors (Lipinski definition) is 2. The van der Waals surface area contributed by atoms with E-state index < -0.39 is 0 Å². The molecule has 0 aliphatic rings. The van der Waals surface area contributed by atoms with Gasteiger partial charge in [-0.15, -0.1) is 0 Å². The Morgan fingerprint density at radius 3 is 2.94 bits per heavy atom. The van der Waals surface area contributed by atoms with Gasteiger partial charge in [-0.3, -0.25) is 4.68 Å². The number of aromatic nitrogens is 2. The molecule has 0 spiro atoms. The van der Waals surface area contributed by atoms with Crippen LogP contribution in [0.25, 0.3) is 0 Å². The van der Waals surface area contributed by atoms with E-state index in [9.17, 15) is 4.39 Å². The van der Waals surface area contributed by atoms with E-state index >= 15 is 0 Å². The average Bonchev–Trinajstić information content (AvgIpc) is 2.64. The molecule has 0 aliphatic heterocycles. The topological polar surface area (TPSA) is 41.6 Å². The van der Waals surface area contributed by atoms with Crippen LogP contribution in [0.5, 0.6) is 0 Å². The van der Waals surface area contributed by atoms with Crippen molar-refractivity contribution in [2.45, 2.75) is 6.42 Å². The third-order valence-corrected chi connectivity index (χ3v) is 2.34. The molecule has 0 amide bonds.